The van der Waals surface area contributed by atoms with Crippen molar-refractivity contribution in [2.24, 2.45) is 5.84 Å². The zero-order valence-electron chi connectivity index (χ0n) is 7.14. The summed E-state index contributed by atoms with van der Waals surface area (Å²) in [6.07, 6.45) is 0. The first-order chi connectivity index (χ1) is 6.38. The topological polar surface area (TPSA) is 123 Å². The van der Waals surface area contributed by atoms with Crippen molar-refractivity contribution >= 4 is 16.0 Å². The van der Waals surface area contributed by atoms with Gasteiger partial charge in [-0.15, -0.1) is 4.83 Å². The predicted octanol–water partition coefficient (Wildman–Crippen LogP) is -0.562. The number of nitrogens with one attached hydrogen (secondary N) is 1. The molecule has 1 heterocycles. The smallest absolute Gasteiger partial charge is 0.371 e. The number of rotatable bonds is 3. The SMILES string of the molecule is Cc1oc(C(=O)O)cc1S(=O)(=O)NN. The Bertz CT molecular complexity index is 461. The Kier molecular flexibility index (Phi) is 2.60. The number of carboxylic acids is 1. The molecule has 0 aliphatic rings. The van der Waals surface area contributed by atoms with Crippen LogP contribution in [0.1, 0.15) is 16.3 Å². The number of aryl methyl sites for hydroxylation is 1. The summed E-state index contributed by atoms with van der Waals surface area (Å²) in [7, 11) is -3.87. The molecule has 7 nitrogen and oxygen atoms in total. The lowest BCUT2D eigenvalue weighted by molar-refractivity contribution is 0.0661. The molecule has 14 heavy (non-hydrogen) atoms. The van der Waals surface area contributed by atoms with Crippen molar-refractivity contribution < 1.29 is 22.7 Å². The molecule has 0 aromatic carbocycles. The second-order valence-electron chi connectivity index (χ2n) is 2.46. The first-order valence-electron chi connectivity index (χ1n) is 3.44. The van der Waals surface area contributed by atoms with Crippen molar-refractivity contribution in [3.63, 3.8) is 0 Å². The van der Waals surface area contributed by atoms with E-state index in [9.17, 15) is 13.2 Å². The van der Waals surface area contributed by atoms with E-state index in [4.69, 9.17) is 10.9 Å². The van der Waals surface area contributed by atoms with Gasteiger partial charge in [-0.1, -0.05) is 0 Å². The molecule has 0 bridgehead atoms. The summed E-state index contributed by atoms with van der Waals surface area (Å²) >= 11 is 0. The minimum absolute atomic E-state index is 0.0275. The fraction of sp³-hybridized carbons (Fsp3) is 0.167. The van der Waals surface area contributed by atoms with Gasteiger partial charge in [0.25, 0.3) is 10.0 Å². The molecule has 8 heteroatoms. The number of aromatic carboxylic acids is 1. The Labute approximate surface area is 79.5 Å². The molecule has 0 atom stereocenters. The van der Waals surface area contributed by atoms with E-state index >= 15 is 0 Å². The molecule has 1 aromatic heterocycles. The molecule has 0 saturated carbocycles. The van der Waals surface area contributed by atoms with Crippen LogP contribution in [0.3, 0.4) is 0 Å². The van der Waals surface area contributed by atoms with Crippen molar-refractivity contribution in [3.8, 4) is 0 Å². The van der Waals surface area contributed by atoms with Gasteiger partial charge in [-0.3, -0.25) is 5.84 Å². The fourth-order valence-electron chi connectivity index (χ4n) is 0.901. The molecule has 1 aromatic rings. The van der Waals surface area contributed by atoms with Gasteiger partial charge >= 0.3 is 5.97 Å². The third kappa shape index (κ3) is 1.76. The number of sulfonamides is 1. The molecule has 0 unspecified atom stereocenters. The van der Waals surface area contributed by atoms with Crippen LogP contribution in [0.5, 0.6) is 0 Å². The highest BCUT2D eigenvalue weighted by molar-refractivity contribution is 7.89. The van der Waals surface area contributed by atoms with E-state index in [1.54, 1.807) is 4.83 Å². The third-order valence-electron chi connectivity index (χ3n) is 1.53. The number of carbonyl (C=O) groups is 1. The molecule has 0 aliphatic carbocycles. The van der Waals surface area contributed by atoms with E-state index in [-0.39, 0.29) is 10.7 Å². The zero-order chi connectivity index (χ0) is 10.9. The highest BCUT2D eigenvalue weighted by Crippen LogP contribution is 2.19. The van der Waals surface area contributed by atoms with Gasteiger partial charge in [-0.05, 0) is 6.92 Å². The number of carboxylic acid groups (broad SMARTS) is 1. The highest BCUT2D eigenvalue weighted by Gasteiger charge is 2.22. The second kappa shape index (κ2) is 3.40. The third-order valence-corrected chi connectivity index (χ3v) is 2.82. The Morgan fingerprint density at radius 1 is 1.64 bits per heavy atom. The van der Waals surface area contributed by atoms with Crippen LogP contribution < -0.4 is 10.7 Å². The zero-order valence-corrected chi connectivity index (χ0v) is 7.96. The Morgan fingerprint density at radius 3 is 2.57 bits per heavy atom. The Hall–Kier alpha value is -1.38. The summed E-state index contributed by atoms with van der Waals surface area (Å²) < 4.78 is 27.0. The second-order valence-corrected chi connectivity index (χ2v) is 4.14. The van der Waals surface area contributed by atoms with Crippen molar-refractivity contribution in [2.45, 2.75) is 11.8 Å². The van der Waals surface area contributed by atoms with E-state index < -0.39 is 21.8 Å². The van der Waals surface area contributed by atoms with Crippen LogP contribution in [0, 0.1) is 6.92 Å². The predicted molar refractivity (Wildman–Crippen MR) is 44.9 cm³/mol. The number of furan rings is 1. The van der Waals surface area contributed by atoms with E-state index in [1.807, 2.05) is 0 Å². The fourth-order valence-corrected chi connectivity index (χ4v) is 1.71. The summed E-state index contributed by atoms with van der Waals surface area (Å²) in [5.41, 5.74) is 0. The quantitative estimate of drug-likeness (QED) is 0.463. The minimum atomic E-state index is -3.87. The van der Waals surface area contributed by atoms with Gasteiger partial charge < -0.3 is 9.52 Å². The van der Waals surface area contributed by atoms with Crippen molar-refractivity contribution in [3.05, 3.63) is 17.6 Å². The number of hydrogen-bond acceptors (Lipinski definition) is 5. The Morgan fingerprint density at radius 2 is 2.21 bits per heavy atom. The largest absolute Gasteiger partial charge is 0.475 e. The number of nitrogens with two attached hydrogens (primary N) is 1. The summed E-state index contributed by atoms with van der Waals surface area (Å²) in [4.78, 5) is 11.7. The van der Waals surface area contributed by atoms with Crippen LogP contribution >= 0.6 is 0 Å². The molecule has 0 radical (unpaired) electrons. The summed E-state index contributed by atoms with van der Waals surface area (Å²) in [5.74, 6) is 2.95. The lowest BCUT2D eigenvalue weighted by Gasteiger charge is -1.97. The van der Waals surface area contributed by atoms with E-state index in [1.165, 1.54) is 6.92 Å². The number of hydrogen-bond donors (Lipinski definition) is 3. The summed E-state index contributed by atoms with van der Waals surface area (Å²) in [5, 5.41) is 8.52. The molecule has 0 fully saturated rings. The molecule has 0 spiro atoms. The van der Waals surface area contributed by atoms with Gasteiger partial charge in [-0.2, -0.15) is 0 Å². The van der Waals surface area contributed by atoms with Crippen LogP contribution in [0.2, 0.25) is 0 Å². The first kappa shape index (κ1) is 10.7. The molecule has 0 saturated heterocycles. The molecule has 4 N–H and O–H groups in total. The molecular formula is C6H8N2O5S. The summed E-state index contributed by atoms with van der Waals surface area (Å²) in [6, 6.07) is 0.896. The first-order valence-corrected chi connectivity index (χ1v) is 4.93. The van der Waals surface area contributed by atoms with E-state index in [2.05, 4.69) is 4.42 Å². The van der Waals surface area contributed by atoms with Crippen LogP contribution in [0.15, 0.2) is 15.4 Å². The van der Waals surface area contributed by atoms with Gasteiger partial charge in [0.1, 0.15) is 10.7 Å². The highest BCUT2D eigenvalue weighted by atomic mass is 32.2. The molecule has 1 rings (SSSR count). The average Bonchev–Trinajstić information content (AvgIpc) is 2.48. The minimum Gasteiger partial charge on any atom is -0.475 e. The van der Waals surface area contributed by atoms with Gasteiger partial charge in [-0.25, -0.2) is 13.2 Å². The average molecular weight is 220 g/mol. The maximum absolute atomic E-state index is 11.2. The van der Waals surface area contributed by atoms with Crippen LogP contribution in [0.25, 0.3) is 0 Å². The van der Waals surface area contributed by atoms with Crippen molar-refractivity contribution in [1.29, 1.82) is 0 Å². The monoisotopic (exact) mass is 220 g/mol. The molecule has 0 aliphatic heterocycles. The standard InChI is InChI=1S/C6H8N2O5S/c1-3-5(14(11,12)8-7)2-4(13-3)6(9)10/h2,8H,7H2,1H3,(H,9,10). The molecule has 0 amide bonds. The molecule has 78 valence electrons. The Balaban J connectivity index is 3.31. The van der Waals surface area contributed by atoms with E-state index in [0.717, 1.165) is 6.07 Å². The van der Waals surface area contributed by atoms with E-state index in [0.29, 0.717) is 0 Å². The normalized spacial score (nSPS) is 11.6. The maximum Gasteiger partial charge on any atom is 0.371 e. The summed E-state index contributed by atoms with van der Waals surface area (Å²) in [6.45, 7) is 1.33. The van der Waals surface area contributed by atoms with Crippen LogP contribution in [0.4, 0.5) is 0 Å². The number of hydrazine groups is 1. The van der Waals surface area contributed by atoms with Crippen LogP contribution in [-0.4, -0.2) is 19.5 Å². The van der Waals surface area contributed by atoms with Gasteiger partial charge in [0, 0.05) is 6.07 Å². The van der Waals surface area contributed by atoms with Gasteiger partial charge in [0.2, 0.25) is 5.76 Å². The van der Waals surface area contributed by atoms with Crippen LogP contribution in [-0.2, 0) is 10.0 Å². The molecular weight excluding hydrogens is 212 g/mol. The van der Waals surface area contributed by atoms with Gasteiger partial charge in [0.05, 0.1) is 0 Å². The van der Waals surface area contributed by atoms with Crippen molar-refractivity contribution in [1.82, 2.24) is 4.83 Å². The lowest BCUT2D eigenvalue weighted by Crippen LogP contribution is -2.30. The maximum atomic E-state index is 11.2. The lowest BCUT2D eigenvalue weighted by atomic mass is 10.4. The van der Waals surface area contributed by atoms with Gasteiger partial charge in [0.15, 0.2) is 0 Å². The van der Waals surface area contributed by atoms with Crippen molar-refractivity contribution in [2.75, 3.05) is 0 Å².